The van der Waals surface area contributed by atoms with E-state index in [9.17, 15) is 4.79 Å². The Hall–Kier alpha value is -2.62. The zero-order chi connectivity index (χ0) is 18.3. The van der Waals surface area contributed by atoms with Crippen LogP contribution in [0.4, 0.5) is 5.69 Å². The Kier molecular flexibility index (Phi) is 4.27. The average Bonchev–Trinajstić information content (AvgIpc) is 2.91. The Morgan fingerprint density at radius 1 is 0.962 bits per heavy atom. The summed E-state index contributed by atoms with van der Waals surface area (Å²) in [7, 11) is 0. The van der Waals surface area contributed by atoms with Crippen molar-refractivity contribution in [3.8, 4) is 0 Å². The van der Waals surface area contributed by atoms with Gasteiger partial charge in [-0.1, -0.05) is 59.6 Å². The monoisotopic (exact) mass is 380 g/mol. The molecule has 3 nitrogen and oxygen atoms in total. The van der Waals surface area contributed by atoms with Gasteiger partial charge >= 0.3 is 0 Å². The zero-order valence-corrected chi connectivity index (χ0v) is 15.4. The lowest BCUT2D eigenvalue weighted by Gasteiger charge is -2.12. The van der Waals surface area contributed by atoms with E-state index < -0.39 is 0 Å². The van der Waals surface area contributed by atoms with Gasteiger partial charge in [-0.3, -0.25) is 4.79 Å². The lowest BCUT2D eigenvalue weighted by atomic mass is 10.1. The van der Waals surface area contributed by atoms with E-state index in [2.05, 4.69) is 5.10 Å². The molecule has 4 rings (SSSR count). The van der Waals surface area contributed by atoms with E-state index in [1.807, 2.05) is 49.4 Å². The Balaban J connectivity index is 1.72. The molecule has 3 aromatic carbocycles. The minimum atomic E-state index is -0.177. The highest BCUT2D eigenvalue weighted by Crippen LogP contribution is 2.29. The van der Waals surface area contributed by atoms with Gasteiger partial charge in [-0.15, -0.1) is 0 Å². The van der Waals surface area contributed by atoms with Crippen LogP contribution in [0.3, 0.4) is 0 Å². The van der Waals surface area contributed by atoms with E-state index in [0.29, 0.717) is 21.3 Å². The number of benzene rings is 3. The highest BCUT2D eigenvalue weighted by Gasteiger charge is 2.29. The molecule has 0 spiro atoms. The van der Waals surface area contributed by atoms with Crippen LogP contribution in [0.2, 0.25) is 10.0 Å². The van der Waals surface area contributed by atoms with Crippen molar-refractivity contribution >= 4 is 57.4 Å². The molecule has 1 heterocycles. The summed E-state index contributed by atoms with van der Waals surface area (Å²) in [5.74, 6) is -0.177. The van der Waals surface area contributed by atoms with E-state index in [1.165, 1.54) is 5.01 Å². The van der Waals surface area contributed by atoms with Gasteiger partial charge in [-0.05, 0) is 53.6 Å². The van der Waals surface area contributed by atoms with E-state index in [0.717, 1.165) is 22.0 Å². The van der Waals surface area contributed by atoms with Gasteiger partial charge in [0.05, 0.1) is 17.0 Å². The van der Waals surface area contributed by atoms with Crippen molar-refractivity contribution in [2.45, 2.75) is 6.92 Å². The molecule has 1 amide bonds. The number of halogens is 2. The fourth-order valence-electron chi connectivity index (χ4n) is 2.94. The molecule has 0 unspecified atom stereocenters. The first-order chi connectivity index (χ1) is 12.5. The summed E-state index contributed by atoms with van der Waals surface area (Å²) in [5.41, 5.74) is 2.63. The molecule has 0 aliphatic carbocycles. The molecule has 0 atom stereocenters. The van der Waals surface area contributed by atoms with E-state index in [4.69, 9.17) is 23.2 Å². The Morgan fingerprint density at radius 3 is 2.50 bits per heavy atom. The minimum absolute atomic E-state index is 0.177. The highest BCUT2D eigenvalue weighted by atomic mass is 35.5. The average molecular weight is 381 g/mol. The second-order valence-electron chi connectivity index (χ2n) is 6.06. The first-order valence-electron chi connectivity index (χ1n) is 8.08. The molecule has 3 aromatic rings. The summed E-state index contributed by atoms with van der Waals surface area (Å²) in [5, 5.41) is 9.09. The number of hydrogen-bond acceptors (Lipinski definition) is 2. The van der Waals surface area contributed by atoms with E-state index in [1.54, 1.807) is 24.3 Å². The topological polar surface area (TPSA) is 32.7 Å². The Morgan fingerprint density at radius 2 is 1.73 bits per heavy atom. The maximum atomic E-state index is 12.9. The van der Waals surface area contributed by atoms with Crippen LogP contribution in [0.25, 0.3) is 16.8 Å². The van der Waals surface area contributed by atoms with Crippen molar-refractivity contribution in [1.29, 1.82) is 0 Å². The quantitative estimate of drug-likeness (QED) is 0.505. The number of fused-ring (bicyclic) bond motifs is 1. The number of nitrogens with zero attached hydrogens (tertiary/aromatic N) is 2. The molecule has 0 aromatic heterocycles. The normalized spacial score (nSPS) is 15.8. The molecule has 5 heteroatoms. The van der Waals surface area contributed by atoms with Gasteiger partial charge < -0.3 is 0 Å². The fourth-order valence-corrected chi connectivity index (χ4v) is 3.40. The van der Waals surface area contributed by atoms with Gasteiger partial charge in [-0.25, -0.2) is 0 Å². The predicted molar refractivity (Wildman–Crippen MR) is 109 cm³/mol. The van der Waals surface area contributed by atoms with Gasteiger partial charge in [-0.2, -0.15) is 10.1 Å². The molecular formula is C21H14Cl2N2O. The van der Waals surface area contributed by atoms with E-state index >= 15 is 0 Å². The lowest BCUT2D eigenvalue weighted by Crippen LogP contribution is -2.21. The Labute approximate surface area is 161 Å². The van der Waals surface area contributed by atoms with Gasteiger partial charge in [0.25, 0.3) is 5.91 Å². The third kappa shape index (κ3) is 3.00. The summed E-state index contributed by atoms with van der Waals surface area (Å²) in [6, 6.07) is 19.0. The lowest BCUT2D eigenvalue weighted by molar-refractivity contribution is -0.114. The molecule has 0 N–H and O–H groups in total. The van der Waals surface area contributed by atoms with Crippen molar-refractivity contribution in [3.63, 3.8) is 0 Å². The zero-order valence-electron chi connectivity index (χ0n) is 13.9. The maximum Gasteiger partial charge on any atom is 0.280 e. The fraction of sp³-hybridized carbons (Fsp3) is 0.0476. The van der Waals surface area contributed by atoms with Crippen molar-refractivity contribution < 1.29 is 4.79 Å². The van der Waals surface area contributed by atoms with Crippen molar-refractivity contribution in [3.05, 3.63) is 81.8 Å². The number of hydrazone groups is 1. The van der Waals surface area contributed by atoms with Gasteiger partial charge in [0.1, 0.15) is 0 Å². The van der Waals surface area contributed by atoms with Crippen molar-refractivity contribution in [2.75, 3.05) is 5.01 Å². The minimum Gasteiger partial charge on any atom is -0.267 e. The molecule has 128 valence electrons. The van der Waals surface area contributed by atoms with Crippen LogP contribution >= 0.6 is 23.2 Å². The third-order valence-electron chi connectivity index (χ3n) is 4.30. The van der Waals surface area contributed by atoms with Crippen LogP contribution in [0.1, 0.15) is 12.5 Å². The summed E-state index contributed by atoms with van der Waals surface area (Å²) in [6.07, 6.45) is 1.75. The maximum absolute atomic E-state index is 12.9. The largest absolute Gasteiger partial charge is 0.280 e. The van der Waals surface area contributed by atoms with Crippen LogP contribution in [0.15, 0.2) is 71.3 Å². The van der Waals surface area contributed by atoms with Gasteiger partial charge in [0.2, 0.25) is 0 Å². The first-order valence-corrected chi connectivity index (χ1v) is 8.84. The third-order valence-corrected chi connectivity index (χ3v) is 4.86. The summed E-state index contributed by atoms with van der Waals surface area (Å²) >= 11 is 12.2. The number of amides is 1. The molecular weight excluding hydrogens is 367 g/mol. The predicted octanol–water partition coefficient (Wildman–Crippen LogP) is 5.95. The van der Waals surface area contributed by atoms with Crippen LogP contribution in [0.5, 0.6) is 0 Å². The molecule has 0 fully saturated rings. The molecule has 0 saturated carbocycles. The number of rotatable bonds is 2. The number of hydrogen-bond donors (Lipinski definition) is 0. The van der Waals surface area contributed by atoms with Crippen LogP contribution in [-0.4, -0.2) is 11.6 Å². The van der Waals surface area contributed by atoms with Crippen LogP contribution in [0, 0.1) is 0 Å². The van der Waals surface area contributed by atoms with E-state index in [-0.39, 0.29) is 5.91 Å². The van der Waals surface area contributed by atoms with Crippen molar-refractivity contribution in [1.82, 2.24) is 0 Å². The second kappa shape index (κ2) is 6.60. The molecule has 1 aliphatic heterocycles. The summed E-state index contributed by atoms with van der Waals surface area (Å²) < 4.78 is 0. The molecule has 0 bridgehead atoms. The molecule has 26 heavy (non-hydrogen) atoms. The molecule has 1 aliphatic rings. The second-order valence-corrected chi connectivity index (χ2v) is 6.90. The van der Waals surface area contributed by atoms with Crippen LogP contribution < -0.4 is 5.01 Å². The standard InChI is InChI=1S/C21H14Cl2N2O/c1-13-19(11-16-6-8-17(22)12-20(16)23)21(26)25(24-13)18-9-7-14-4-2-3-5-15(14)10-18/h2-12H,1H3. The first kappa shape index (κ1) is 16.8. The number of anilines is 1. The summed E-state index contributed by atoms with van der Waals surface area (Å²) in [4.78, 5) is 12.9. The smallest absolute Gasteiger partial charge is 0.267 e. The Bertz CT molecular complexity index is 1100. The molecule has 0 saturated heterocycles. The van der Waals surface area contributed by atoms with Crippen molar-refractivity contribution in [2.24, 2.45) is 5.10 Å². The SMILES string of the molecule is CC1=NN(c2ccc3ccccc3c2)C(=O)C1=Cc1ccc(Cl)cc1Cl. The number of carbonyl (C=O) groups excluding carboxylic acids is 1. The molecule has 0 radical (unpaired) electrons. The van der Waals surface area contributed by atoms with Crippen LogP contribution in [-0.2, 0) is 4.79 Å². The van der Waals surface area contributed by atoms with Gasteiger partial charge in [0.15, 0.2) is 0 Å². The summed E-state index contributed by atoms with van der Waals surface area (Å²) in [6.45, 7) is 1.81. The number of carbonyl (C=O) groups is 1. The van der Waals surface area contributed by atoms with Gasteiger partial charge in [0, 0.05) is 10.0 Å². The highest BCUT2D eigenvalue weighted by molar-refractivity contribution is 6.37.